The van der Waals surface area contributed by atoms with Crippen LogP contribution in [0.1, 0.15) is 33.8 Å². The number of furan rings is 1. The molecule has 3 heterocycles. The van der Waals surface area contributed by atoms with E-state index in [1.807, 2.05) is 26.0 Å². The molecule has 22 heavy (non-hydrogen) atoms. The maximum atomic E-state index is 12.3. The van der Waals surface area contributed by atoms with Crippen molar-refractivity contribution < 1.29 is 9.21 Å². The van der Waals surface area contributed by atoms with E-state index in [1.54, 1.807) is 6.26 Å². The summed E-state index contributed by atoms with van der Waals surface area (Å²) in [5, 5.41) is 4.01. The first-order valence-electron chi connectivity index (χ1n) is 7.26. The minimum atomic E-state index is 0.00180. The molecule has 0 spiro atoms. The summed E-state index contributed by atoms with van der Waals surface area (Å²) in [4.78, 5) is 23.0. The van der Waals surface area contributed by atoms with Gasteiger partial charge in [0.2, 0.25) is 0 Å². The van der Waals surface area contributed by atoms with Gasteiger partial charge in [0.15, 0.2) is 11.6 Å². The Labute approximate surface area is 131 Å². The van der Waals surface area contributed by atoms with Gasteiger partial charge in [-0.3, -0.25) is 4.79 Å². The van der Waals surface area contributed by atoms with E-state index < -0.39 is 0 Å². The average Bonchev–Trinajstić information content (AvgIpc) is 3.02. The normalized spacial score (nSPS) is 14.5. The van der Waals surface area contributed by atoms with E-state index in [4.69, 9.17) is 4.42 Å². The Bertz CT molecular complexity index is 863. The number of rotatable bonds is 3. The second-order valence-corrected chi connectivity index (χ2v) is 6.59. The van der Waals surface area contributed by atoms with Crippen LogP contribution in [0.5, 0.6) is 0 Å². The van der Waals surface area contributed by atoms with Crippen molar-refractivity contribution in [2.24, 2.45) is 0 Å². The fourth-order valence-electron chi connectivity index (χ4n) is 2.55. The summed E-state index contributed by atoms with van der Waals surface area (Å²) in [5.41, 5.74) is 1.83. The zero-order valence-corrected chi connectivity index (χ0v) is 13.2. The van der Waals surface area contributed by atoms with Crippen LogP contribution in [0.25, 0.3) is 21.8 Å². The Morgan fingerprint density at radius 1 is 1.36 bits per heavy atom. The van der Waals surface area contributed by atoms with Crippen molar-refractivity contribution in [2.45, 2.75) is 32.7 Å². The molecule has 3 aromatic heterocycles. The summed E-state index contributed by atoms with van der Waals surface area (Å²) in [7, 11) is 0. The lowest BCUT2D eigenvalue weighted by molar-refractivity contribution is 0.0954. The van der Waals surface area contributed by atoms with Crippen LogP contribution < -0.4 is 5.32 Å². The maximum absolute atomic E-state index is 12.3. The van der Waals surface area contributed by atoms with Crippen molar-refractivity contribution in [1.82, 2.24) is 15.3 Å². The van der Waals surface area contributed by atoms with Gasteiger partial charge in [0.1, 0.15) is 4.83 Å². The molecule has 0 saturated heterocycles. The Kier molecular flexibility index (Phi) is 3.00. The fraction of sp³-hybridized carbons (Fsp3) is 0.312. The SMILES string of the molecule is Cc1nc(-c2ccco2)nc2sc(C(=O)NC3CC3)c(C)c12. The summed E-state index contributed by atoms with van der Waals surface area (Å²) < 4.78 is 5.37. The van der Waals surface area contributed by atoms with Gasteiger partial charge < -0.3 is 9.73 Å². The third-order valence-electron chi connectivity index (χ3n) is 3.83. The molecular weight excluding hydrogens is 298 g/mol. The summed E-state index contributed by atoms with van der Waals surface area (Å²) in [6.07, 6.45) is 3.76. The molecule has 1 aliphatic carbocycles. The molecule has 1 N–H and O–H groups in total. The quantitative estimate of drug-likeness (QED) is 0.804. The molecule has 1 aliphatic rings. The van der Waals surface area contributed by atoms with Crippen molar-refractivity contribution in [3.63, 3.8) is 0 Å². The highest BCUT2D eigenvalue weighted by molar-refractivity contribution is 7.20. The van der Waals surface area contributed by atoms with Crippen LogP contribution in [0.4, 0.5) is 0 Å². The van der Waals surface area contributed by atoms with Crippen molar-refractivity contribution in [3.05, 3.63) is 34.5 Å². The standard InChI is InChI=1S/C16H15N3O2S/c1-8-12-9(2)17-14(11-4-3-7-21-11)19-16(12)22-13(8)15(20)18-10-5-6-10/h3-4,7,10H,5-6H2,1-2H3,(H,18,20). The van der Waals surface area contributed by atoms with Crippen LogP contribution in [0.2, 0.25) is 0 Å². The van der Waals surface area contributed by atoms with Gasteiger partial charge in [0, 0.05) is 11.4 Å². The fourth-order valence-corrected chi connectivity index (χ4v) is 3.69. The first-order valence-corrected chi connectivity index (χ1v) is 8.07. The minimum absolute atomic E-state index is 0.00180. The van der Waals surface area contributed by atoms with Crippen LogP contribution in [-0.2, 0) is 0 Å². The van der Waals surface area contributed by atoms with E-state index in [0.29, 0.717) is 17.6 Å². The van der Waals surface area contributed by atoms with E-state index in [0.717, 1.165) is 39.2 Å². The number of hydrogen-bond acceptors (Lipinski definition) is 5. The first-order chi connectivity index (χ1) is 10.6. The number of fused-ring (bicyclic) bond motifs is 1. The molecule has 112 valence electrons. The zero-order valence-electron chi connectivity index (χ0n) is 12.3. The summed E-state index contributed by atoms with van der Waals surface area (Å²) in [6, 6.07) is 4.00. The second kappa shape index (κ2) is 4.91. The highest BCUT2D eigenvalue weighted by Crippen LogP contribution is 2.33. The molecule has 0 unspecified atom stereocenters. The third kappa shape index (κ3) is 2.20. The van der Waals surface area contributed by atoms with Crippen LogP contribution in [0.3, 0.4) is 0 Å². The number of hydrogen-bond donors (Lipinski definition) is 1. The zero-order chi connectivity index (χ0) is 15.3. The van der Waals surface area contributed by atoms with Crippen molar-refractivity contribution in [2.75, 3.05) is 0 Å². The molecule has 0 aromatic carbocycles. The van der Waals surface area contributed by atoms with Crippen molar-refractivity contribution in [1.29, 1.82) is 0 Å². The highest BCUT2D eigenvalue weighted by atomic mass is 32.1. The van der Waals surface area contributed by atoms with E-state index >= 15 is 0 Å². The number of aryl methyl sites for hydroxylation is 2. The molecule has 3 aromatic rings. The van der Waals surface area contributed by atoms with Gasteiger partial charge in [-0.1, -0.05) is 0 Å². The van der Waals surface area contributed by atoms with E-state index in [2.05, 4.69) is 15.3 Å². The van der Waals surface area contributed by atoms with Gasteiger partial charge in [0.05, 0.1) is 16.8 Å². The lowest BCUT2D eigenvalue weighted by Crippen LogP contribution is -2.24. The Morgan fingerprint density at radius 2 is 2.18 bits per heavy atom. The molecular formula is C16H15N3O2S. The number of amides is 1. The number of carbonyl (C=O) groups is 1. The Morgan fingerprint density at radius 3 is 2.86 bits per heavy atom. The number of thiophene rings is 1. The number of nitrogens with zero attached hydrogens (tertiary/aromatic N) is 2. The molecule has 5 nitrogen and oxygen atoms in total. The summed E-state index contributed by atoms with van der Waals surface area (Å²) >= 11 is 1.42. The van der Waals surface area contributed by atoms with Crippen LogP contribution >= 0.6 is 11.3 Å². The van der Waals surface area contributed by atoms with Crippen LogP contribution in [0.15, 0.2) is 22.8 Å². The highest BCUT2D eigenvalue weighted by Gasteiger charge is 2.26. The maximum Gasteiger partial charge on any atom is 0.261 e. The molecule has 0 radical (unpaired) electrons. The van der Waals surface area contributed by atoms with E-state index in [-0.39, 0.29) is 5.91 Å². The molecule has 1 amide bonds. The molecule has 4 rings (SSSR count). The van der Waals surface area contributed by atoms with Crippen molar-refractivity contribution in [3.8, 4) is 11.6 Å². The minimum Gasteiger partial charge on any atom is -0.461 e. The average molecular weight is 313 g/mol. The predicted molar refractivity (Wildman–Crippen MR) is 85.1 cm³/mol. The molecule has 0 atom stereocenters. The van der Waals surface area contributed by atoms with Crippen molar-refractivity contribution >= 4 is 27.5 Å². The predicted octanol–water partition coefficient (Wildman–Crippen LogP) is 3.46. The first kappa shape index (κ1) is 13.5. The monoisotopic (exact) mass is 313 g/mol. The topological polar surface area (TPSA) is 68.0 Å². The largest absolute Gasteiger partial charge is 0.461 e. The Balaban J connectivity index is 1.82. The second-order valence-electron chi connectivity index (χ2n) is 5.59. The van der Waals surface area contributed by atoms with Crippen LogP contribution in [0, 0.1) is 13.8 Å². The summed E-state index contributed by atoms with van der Waals surface area (Å²) in [5.74, 6) is 1.20. The van der Waals surface area contributed by atoms with Gasteiger partial charge in [-0.2, -0.15) is 0 Å². The number of nitrogens with one attached hydrogen (secondary N) is 1. The number of carbonyl (C=O) groups excluding carboxylic acids is 1. The number of aromatic nitrogens is 2. The van der Waals surface area contributed by atoms with E-state index in [1.165, 1.54) is 11.3 Å². The summed E-state index contributed by atoms with van der Waals surface area (Å²) in [6.45, 7) is 3.91. The van der Waals surface area contributed by atoms with Gasteiger partial charge in [-0.05, 0) is 44.4 Å². The lowest BCUT2D eigenvalue weighted by Gasteiger charge is -2.02. The van der Waals surface area contributed by atoms with Gasteiger partial charge in [-0.25, -0.2) is 9.97 Å². The van der Waals surface area contributed by atoms with Crippen LogP contribution in [-0.4, -0.2) is 21.9 Å². The Hall–Kier alpha value is -2.21. The third-order valence-corrected chi connectivity index (χ3v) is 5.02. The molecule has 1 saturated carbocycles. The molecule has 1 fully saturated rings. The molecule has 0 aliphatic heterocycles. The lowest BCUT2D eigenvalue weighted by atomic mass is 10.1. The van der Waals surface area contributed by atoms with Gasteiger partial charge in [0.25, 0.3) is 5.91 Å². The van der Waals surface area contributed by atoms with E-state index in [9.17, 15) is 4.79 Å². The smallest absolute Gasteiger partial charge is 0.261 e. The van der Waals surface area contributed by atoms with Gasteiger partial charge in [-0.15, -0.1) is 11.3 Å². The van der Waals surface area contributed by atoms with Gasteiger partial charge >= 0.3 is 0 Å². The molecule has 6 heteroatoms. The molecule has 0 bridgehead atoms.